The van der Waals surface area contributed by atoms with Gasteiger partial charge in [-0.3, -0.25) is 4.79 Å². The summed E-state index contributed by atoms with van der Waals surface area (Å²) in [7, 11) is 0. The molecule has 0 N–H and O–H groups in total. The fourth-order valence-corrected chi connectivity index (χ4v) is 3.15. The average Bonchev–Trinajstić information content (AvgIpc) is 2.59. The lowest BCUT2D eigenvalue weighted by molar-refractivity contribution is -0.134. The average molecular weight is 347 g/mol. The van der Waals surface area contributed by atoms with Crippen LogP contribution in [0.25, 0.3) is 0 Å². The molecule has 2 nitrogen and oxygen atoms in total. The number of aryl methyl sites for hydroxylation is 1. The lowest BCUT2D eigenvalue weighted by atomic mass is 10.0. The minimum absolute atomic E-state index is 0.103. The highest BCUT2D eigenvalue weighted by atomic mass is 16.5. The number of hydrogen-bond acceptors (Lipinski definition) is 2. The topological polar surface area (TPSA) is 26.3 Å². The highest BCUT2D eigenvalue weighted by molar-refractivity contribution is 5.72. The summed E-state index contributed by atoms with van der Waals surface area (Å²) in [5.41, 5.74) is 1.12. The molecule has 1 aromatic rings. The normalized spacial score (nSPS) is 10.8. The number of rotatable bonds is 15. The molecule has 0 atom stereocenters. The molecule has 0 unspecified atom stereocenters. The molecular formula is C23H38O2. The van der Waals surface area contributed by atoms with Crippen LogP contribution in [0.5, 0.6) is 5.75 Å². The van der Waals surface area contributed by atoms with Gasteiger partial charge in [-0.15, -0.1) is 0 Å². The molecule has 0 saturated carbocycles. The quantitative estimate of drug-likeness (QED) is 0.188. The van der Waals surface area contributed by atoms with Gasteiger partial charge in [-0.25, -0.2) is 0 Å². The minimum atomic E-state index is -0.103. The number of carbonyl (C=O) groups excluding carboxylic acids is 1. The van der Waals surface area contributed by atoms with Crippen molar-refractivity contribution < 1.29 is 9.53 Å². The summed E-state index contributed by atoms with van der Waals surface area (Å²) >= 11 is 0. The monoisotopic (exact) mass is 346 g/mol. The summed E-state index contributed by atoms with van der Waals surface area (Å²) in [6.07, 6.45) is 17.7. The molecule has 0 spiro atoms. The van der Waals surface area contributed by atoms with Crippen LogP contribution in [0.4, 0.5) is 0 Å². The lowest BCUT2D eigenvalue weighted by Gasteiger charge is -2.05. The molecule has 0 aliphatic heterocycles. The highest BCUT2D eigenvalue weighted by Crippen LogP contribution is 2.15. The van der Waals surface area contributed by atoms with Crippen molar-refractivity contribution in [2.75, 3.05) is 0 Å². The van der Waals surface area contributed by atoms with Gasteiger partial charge in [-0.1, -0.05) is 96.1 Å². The fraction of sp³-hybridized carbons (Fsp3) is 0.696. The molecule has 142 valence electrons. The lowest BCUT2D eigenvalue weighted by Crippen LogP contribution is -2.07. The molecule has 1 aromatic carbocycles. The van der Waals surface area contributed by atoms with E-state index in [0.29, 0.717) is 12.2 Å². The molecular weight excluding hydrogens is 308 g/mol. The Morgan fingerprint density at radius 1 is 0.800 bits per heavy atom. The van der Waals surface area contributed by atoms with Crippen LogP contribution < -0.4 is 4.74 Å². The third-order valence-electron chi connectivity index (χ3n) is 4.71. The first-order valence-electron chi connectivity index (χ1n) is 10.5. The Labute approximate surface area is 155 Å². The van der Waals surface area contributed by atoms with Crippen LogP contribution in [0.15, 0.2) is 24.3 Å². The molecule has 0 fully saturated rings. The van der Waals surface area contributed by atoms with Gasteiger partial charge >= 0.3 is 5.97 Å². The van der Waals surface area contributed by atoms with Crippen molar-refractivity contribution in [3.05, 3.63) is 29.8 Å². The number of ether oxygens (including phenoxy) is 1. The predicted molar refractivity (Wildman–Crippen MR) is 107 cm³/mol. The van der Waals surface area contributed by atoms with E-state index in [1.165, 1.54) is 70.6 Å². The van der Waals surface area contributed by atoms with E-state index < -0.39 is 0 Å². The Morgan fingerprint density at radius 2 is 1.32 bits per heavy atom. The van der Waals surface area contributed by atoms with Crippen molar-refractivity contribution in [2.24, 2.45) is 0 Å². The largest absolute Gasteiger partial charge is 0.427 e. The number of hydrogen-bond donors (Lipinski definition) is 0. The van der Waals surface area contributed by atoms with Crippen LogP contribution in [-0.4, -0.2) is 5.97 Å². The number of carbonyl (C=O) groups is 1. The van der Waals surface area contributed by atoms with Crippen LogP contribution in [0.3, 0.4) is 0 Å². The van der Waals surface area contributed by atoms with Crippen LogP contribution in [0, 0.1) is 6.92 Å². The molecule has 25 heavy (non-hydrogen) atoms. The summed E-state index contributed by atoms with van der Waals surface area (Å²) in [6.45, 7) is 4.27. The molecule has 2 heteroatoms. The highest BCUT2D eigenvalue weighted by Gasteiger charge is 2.04. The maximum absolute atomic E-state index is 11.8. The maximum atomic E-state index is 11.8. The zero-order chi connectivity index (χ0) is 18.2. The van der Waals surface area contributed by atoms with Crippen molar-refractivity contribution in [1.82, 2.24) is 0 Å². The SMILES string of the molecule is CCCCCCCCCCCCCCCC(=O)Oc1cccc(C)c1. The van der Waals surface area contributed by atoms with E-state index in [2.05, 4.69) is 6.92 Å². The molecule has 1 rings (SSSR count). The Morgan fingerprint density at radius 3 is 1.84 bits per heavy atom. The second-order valence-electron chi connectivity index (χ2n) is 7.28. The summed E-state index contributed by atoms with van der Waals surface area (Å²) < 4.78 is 5.36. The molecule has 0 aliphatic rings. The third-order valence-corrected chi connectivity index (χ3v) is 4.71. The summed E-state index contributed by atoms with van der Waals surface area (Å²) in [6, 6.07) is 7.67. The Hall–Kier alpha value is -1.31. The van der Waals surface area contributed by atoms with Crippen molar-refractivity contribution in [2.45, 2.75) is 104 Å². The van der Waals surface area contributed by atoms with Gasteiger partial charge in [0.25, 0.3) is 0 Å². The third kappa shape index (κ3) is 12.7. The van der Waals surface area contributed by atoms with Crippen LogP contribution >= 0.6 is 0 Å². The second-order valence-corrected chi connectivity index (χ2v) is 7.28. The molecule has 0 bridgehead atoms. The first kappa shape index (κ1) is 21.7. The number of unbranched alkanes of at least 4 members (excludes halogenated alkanes) is 12. The summed E-state index contributed by atoms with van der Waals surface area (Å²) in [4.78, 5) is 11.8. The molecule has 0 amide bonds. The number of benzene rings is 1. The molecule has 0 heterocycles. The van der Waals surface area contributed by atoms with Gasteiger partial charge in [-0.05, 0) is 31.0 Å². The van der Waals surface area contributed by atoms with Crippen molar-refractivity contribution in [3.8, 4) is 5.75 Å². The molecule has 0 aliphatic carbocycles. The Kier molecular flexibility index (Phi) is 13.0. The standard InChI is InChI=1S/C23H38O2/c1-3-4-5-6-7-8-9-10-11-12-13-14-15-19-23(24)25-22-18-16-17-21(2)20-22/h16-18,20H,3-15,19H2,1-2H3. The van der Waals surface area contributed by atoms with E-state index in [-0.39, 0.29) is 5.97 Å². The van der Waals surface area contributed by atoms with Crippen molar-refractivity contribution in [3.63, 3.8) is 0 Å². The van der Waals surface area contributed by atoms with Gasteiger partial charge in [0.05, 0.1) is 0 Å². The van der Waals surface area contributed by atoms with E-state index >= 15 is 0 Å². The van der Waals surface area contributed by atoms with E-state index in [4.69, 9.17) is 4.74 Å². The smallest absolute Gasteiger partial charge is 0.311 e. The van der Waals surface area contributed by atoms with E-state index in [9.17, 15) is 4.79 Å². The minimum Gasteiger partial charge on any atom is -0.427 e. The van der Waals surface area contributed by atoms with E-state index in [0.717, 1.165) is 18.4 Å². The van der Waals surface area contributed by atoms with Gasteiger partial charge in [0.15, 0.2) is 0 Å². The van der Waals surface area contributed by atoms with Crippen LogP contribution in [0.2, 0.25) is 0 Å². The zero-order valence-electron chi connectivity index (χ0n) is 16.5. The van der Waals surface area contributed by atoms with Gasteiger partial charge in [0, 0.05) is 6.42 Å². The predicted octanol–water partition coefficient (Wildman–Crippen LogP) is 7.38. The van der Waals surface area contributed by atoms with Crippen molar-refractivity contribution in [1.29, 1.82) is 0 Å². The van der Waals surface area contributed by atoms with Crippen LogP contribution in [0.1, 0.15) is 102 Å². The Balaban J connectivity index is 1.86. The van der Waals surface area contributed by atoms with Gasteiger partial charge in [-0.2, -0.15) is 0 Å². The van der Waals surface area contributed by atoms with Gasteiger partial charge in [0.2, 0.25) is 0 Å². The molecule has 0 radical (unpaired) electrons. The van der Waals surface area contributed by atoms with E-state index in [1.807, 2.05) is 31.2 Å². The van der Waals surface area contributed by atoms with Gasteiger partial charge < -0.3 is 4.74 Å². The van der Waals surface area contributed by atoms with Gasteiger partial charge in [0.1, 0.15) is 5.75 Å². The first-order chi connectivity index (χ1) is 12.2. The summed E-state index contributed by atoms with van der Waals surface area (Å²) in [5.74, 6) is 0.563. The Bertz CT molecular complexity index is 453. The maximum Gasteiger partial charge on any atom is 0.311 e. The van der Waals surface area contributed by atoms with Crippen molar-refractivity contribution >= 4 is 5.97 Å². The van der Waals surface area contributed by atoms with Crippen LogP contribution in [-0.2, 0) is 4.79 Å². The number of esters is 1. The molecule has 0 aromatic heterocycles. The fourth-order valence-electron chi connectivity index (χ4n) is 3.15. The molecule has 0 saturated heterocycles. The van der Waals surface area contributed by atoms with E-state index in [1.54, 1.807) is 0 Å². The summed E-state index contributed by atoms with van der Waals surface area (Å²) in [5, 5.41) is 0. The zero-order valence-corrected chi connectivity index (χ0v) is 16.5. The second kappa shape index (κ2) is 15.0. The first-order valence-corrected chi connectivity index (χ1v) is 10.5.